The maximum absolute atomic E-state index is 13.2. The Kier molecular flexibility index (Phi) is 8.08. The van der Waals surface area contributed by atoms with Gasteiger partial charge >= 0.3 is 0 Å². The van der Waals surface area contributed by atoms with Crippen LogP contribution in [0.2, 0.25) is 0 Å². The van der Waals surface area contributed by atoms with Gasteiger partial charge in [0.05, 0.1) is 33.6 Å². The van der Waals surface area contributed by atoms with Gasteiger partial charge in [-0.1, -0.05) is 17.8 Å². The molecule has 1 heterocycles. The molecule has 0 fully saturated rings. The number of halogens is 1. The molecule has 0 aliphatic rings. The van der Waals surface area contributed by atoms with Crippen molar-refractivity contribution in [1.82, 2.24) is 15.5 Å². The Bertz CT molecular complexity index is 1110. The van der Waals surface area contributed by atoms with Gasteiger partial charge in [0.1, 0.15) is 5.82 Å². The number of hydrogen-bond donors (Lipinski definition) is 2. The number of amides is 2. The summed E-state index contributed by atoms with van der Waals surface area (Å²) in [6.07, 6.45) is 0. The molecule has 0 aliphatic carbocycles. The van der Waals surface area contributed by atoms with E-state index in [4.69, 9.17) is 18.6 Å². The summed E-state index contributed by atoms with van der Waals surface area (Å²) in [6, 6.07) is 8.60. The van der Waals surface area contributed by atoms with E-state index in [9.17, 15) is 14.0 Å². The second-order valence-electron chi connectivity index (χ2n) is 6.41. The third-order valence-corrected chi connectivity index (χ3v) is 5.03. The molecule has 33 heavy (non-hydrogen) atoms. The predicted octanol–water partition coefficient (Wildman–Crippen LogP) is 2.90. The van der Waals surface area contributed by atoms with Gasteiger partial charge in [0.15, 0.2) is 11.5 Å². The topological polar surface area (TPSA) is 125 Å². The van der Waals surface area contributed by atoms with Crippen molar-refractivity contribution in [2.75, 3.05) is 32.4 Å². The first-order valence-electron chi connectivity index (χ1n) is 9.52. The molecule has 0 atom stereocenters. The monoisotopic (exact) mass is 476 g/mol. The SMILES string of the molecule is COc1cc(C(=O)NCc2nnc(SCC(=O)Nc3cccc(F)c3)o2)cc(OC)c1OC. The highest BCUT2D eigenvalue weighted by molar-refractivity contribution is 7.99. The maximum atomic E-state index is 13.2. The summed E-state index contributed by atoms with van der Waals surface area (Å²) in [4.78, 5) is 24.5. The van der Waals surface area contributed by atoms with E-state index in [1.54, 1.807) is 6.07 Å². The molecule has 3 rings (SSSR count). The number of nitrogens with zero attached hydrogens (tertiary/aromatic N) is 2. The molecule has 12 heteroatoms. The van der Waals surface area contributed by atoms with Gasteiger partial charge < -0.3 is 29.3 Å². The lowest BCUT2D eigenvalue weighted by Gasteiger charge is -2.13. The van der Waals surface area contributed by atoms with Crippen LogP contribution in [0.3, 0.4) is 0 Å². The van der Waals surface area contributed by atoms with Crippen LogP contribution in [0.5, 0.6) is 17.2 Å². The standard InChI is InChI=1S/C21H21FN4O6S/c1-29-15-7-12(8-16(30-2)19(15)31-3)20(28)23-10-18-25-26-21(32-18)33-11-17(27)24-14-6-4-5-13(22)9-14/h4-9H,10-11H2,1-3H3,(H,23,28)(H,24,27). The highest BCUT2D eigenvalue weighted by Gasteiger charge is 2.18. The van der Waals surface area contributed by atoms with Gasteiger partial charge in [0, 0.05) is 11.3 Å². The van der Waals surface area contributed by atoms with E-state index in [2.05, 4.69) is 20.8 Å². The van der Waals surface area contributed by atoms with E-state index in [1.807, 2.05) is 0 Å². The van der Waals surface area contributed by atoms with Crippen molar-refractivity contribution in [2.24, 2.45) is 0 Å². The van der Waals surface area contributed by atoms with Crippen LogP contribution < -0.4 is 24.8 Å². The number of benzene rings is 2. The van der Waals surface area contributed by atoms with Crippen molar-refractivity contribution in [3.8, 4) is 17.2 Å². The van der Waals surface area contributed by atoms with E-state index in [1.165, 1.54) is 51.7 Å². The summed E-state index contributed by atoms with van der Waals surface area (Å²) >= 11 is 1.01. The molecule has 0 bridgehead atoms. The van der Waals surface area contributed by atoms with Gasteiger partial charge in [0.25, 0.3) is 11.1 Å². The fourth-order valence-electron chi connectivity index (χ4n) is 2.73. The molecule has 0 saturated carbocycles. The van der Waals surface area contributed by atoms with Crippen LogP contribution in [-0.4, -0.2) is 49.1 Å². The summed E-state index contributed by atoms with van der Waals surface area (Å²) in [7, 11) is 4.38. The number of aromatic nitrogens is 2. The van der Waals surface area contributed by atoms with E-state index in [0.29, 0.717) is 22.9 Å². The van der Waals surface area contributed by atoms with Crippen LogP contribution in [0.25, 0.3) is 0 Å². The second kappa shape index (κ2) is 11.2. The van der Waals surface area contributed by atoms with Crippen LogP contribution in [0, 0.1) is 5.82 Å². The largest absolute Gasteiger partial charge is 0.493 e. The van der Waals surface area contributed by atoms with Gasteiger partial charge in [-0.3, -0.25) is 9.59 Å². The zero-order valence-electron chi connectivity index (χ0n) is 18.0. The lowest BCUT2D eigenvalue weighted by Crippen LogP contribution is -2.23. The van der Waals surface area contributed by atoms with Crippen molar-refractivity contribution in [3.63, 3.8) is 0 Å². The first kappa shape index (κ1) is 23.9. The Morgan fingerprint density at radius 2 is 1.79 bits per heavy atom. The van der Waals surface area contributed by atoms with Crippen LogP contribution in [0.4, 0.5) is 10.1 Å². The van der Waals surface area contributed by atoms with Crippen LogP contribution in [0.1, 0.15) is 16.2 Å². The summed E-state index contributed by atoms with van der Waals surface area (Å²) in [6.45, 7) is -0.0292. The molecule has 174 valence electrons. The average molecular weight is 476 g/mol. The predicted molar refractivity (Wildman–Crippen MR) is 117 cm³/mol. The van der Waals surface area contributed by atoms with Gasteiger partial charge in [-0.15, -0.1) is 10.2 Å². The quantitative estimate of drug-likeness (QED) is 0.425. The van der Waals surface area contributed by atoms with Gasteiger partial charge in [-0.25, -0.2) is 4.39 Å². The Labute approximate surface area is 192 Å². The van der Waals surface area contributed by atoms with Gasteiger partial charge in [-0.05, 0) is 30.3 Å². The van der Waals surface area contributed by atoms with E-state index in [0.717, 1.165) is 11.8 Å². The normalized spacial score (nSPS) is 10.4. The fourth-order valence-corrected chi connectivity index (χ4v) is 3.31. The summed E-state index contributed by atoms with van der Waals surface area (Å²) in [5.41, 5.74) is 0.633. The molecule has 0 spiro atoms. The molecule has 1 aromatic heterocycles. The Balaban J connectivity index is 1.53. The minimum Gasteiger partial charge on any atom is -0.493 e. The zero-order chi connectivity index (χ0) is 23.8. The summed E-state index contributed by atoms with van der Waals surface area (Å²) in [5, 5.41) is 13.1. The highest BCUT2D eigenvalue weighted by Crippen LogP contribution is 2.38. The number of rotatable bonds is 10. The third kappa shape index (κ3) is 6.35. The molecule has 3 aromatic rings. The van der Waals surface area contributed by atoms with Crippen molar-refractivity contribution in [2.45, 2.75) is 11.8 Å². The Hall–Kier alpha value is -3.80. The minimum absolute atomic E-state index is 0.0179. The number of hydrogen-bond acceptors (Lipinski definition) is 9. The van der Waals surface area contributed by atoms with Crippen LogP contribution in [0.15, 0.2) is 46.0 Å². The molecular weight excluding hydrogens is 455 g/mol. The van der Waals surface area contributed by atoms with Crippen molar-refractivity contribution < 1.29 is 32.6 Å². The van der Waals surface area contributed by atoms with Crippen LogP contribution in [-0.2, 0) is 11.3 Å². The van der Waals surface area contributed by atoms with Crippen molar-refractivity contribution >= 4 is 29.3 Å². The van der Waals surface area contributed by atoms with Crippen LogP contribution >= 0.6 is 11.8 Å². The molecule has 0 unspecified atom stereocenters. The van der Waals surface area contributed by atoms with Gasteiger partial charge in [0.2, 0.25) is 17.5 Å². The molecular formula is C21H21FN4O6S. The molecule has 2 N–H and O–H groups in total. The Morgan fingerprint density at radius 3 is 2.42 bits per heavy atom. The summed E-state index contributed by atoms with van der Waals surface area (Å²) < 4.78 is 34.3. The number of carbonyl (C=O) groups is 2. The molecule has 0 radical (unpaired) electrons. The van der Waals surface area contributed by atoms with E-state index < -0.39 is 11.7 Å². The number of methoxy groups -OCH3 is 3. The fraction of sp³-hybridized carbons (Fsp3) is 0.238. The number of nitrogens with one attached hydrogen (secondary N) is 2. The highest BCUT2D eigenvalue weighted by atomic mass is 32.2. The van der Waals surface area contributed by atoms with Crippen molar-refractivity contribution in [1.29, 1.82) is 0 Å². The lowest BCUT2D eigenvalue weighted by molar-refractivity contribution is -0.113. The molecule has 10 nitrogen and oxygen atoms in total. The summed E-state index contributed by atoms with van der Waals surface area (Å²) in [5.74, 6) is -0.0335. The van der Waals surface area contributed by atoms with Crippen molar-refractivity contribution in [3.05, 3.63) is 53.7 Å². The molecule has 2 aromatic carbocycles. The molecule has 2 amide bonds. The second-order valence-corrected chi connectivity index (χ2v) is 7.33. The average Bonchev–Trinajstić information content (AvgIpc) is 3.28. The molecule has 0 saturated heterocycles. The van der Waals surface area contributed by atoms with Gasteiger partial charge in [-0.2, -0.15) is 0 Å². The van der Waals surface area contributed by atoms with E-state index in [-0.39, 0.29) is 34.9 Å². The number of thioether (sulfide) groups is 1. The zero-order valence-corrected chi connectivity index (χ0v) is 18.8. The first-order chi connectivity index (χ1) is 15.9. The minimum atomic E-state index is -0.449. The number of anilines is 1. The number of carbonyl (C=O) groups excluding carboxylic acids is 2. The first-order valence-corrected chi connectivity index (χ1v) is 10.5. The Morgan fingerprint density at radius 1 is 1.06 bits per heavy atom. The smallest absolute Gasteiger partial charge is 0.277 e. The lowest BCUT2D eigenvalue weighted by atomic mass is 10.1. The number of ether oxygens (including phenoxy) is 3. The molecule has 0 aliphatic heterocycles. The third-order valence-electron chi connectivity index (χ3n) is 4.21. The maximum Gasteiger partial charge on any atom is 0.277 e. The van der Waals surface area contributed by atoms with E-state index >= 15 is 0 Å².